The number of rotatable bonds is 4. The van der Waals surface area contributed by atoms with Crippen molar-refractivity contribution in [2.75, 3.05) is 0 Å². The van der Waals surface area contributed by atoms with Gasteiger partial charge in [0.25, 0.3) is 0 Å². The SMILES string of the molecule is Cc1cc(C)cc([B-](c2cc(C)cc(C)c2)(c2cc(C)cc(C)c2)c2cc(C)cc(C)c2)c1.F[B-](F)(F)F.[NaH]. The molecule has 4 aromatic rings. The molecule has 0 nitrogen and oxygen atoms in total. The number of hydrogen-bond donors (Lipinski definition) is 0. The van der Waals surface area contributed by atoms with Gasteiger partial charge in [-0.25, -0.2) is 0 Å². The average Bonchev–Trinajstić information content (AvgIpc) is 2.70. The molecule has 202 valence electrons. The van der Waals surface area contributed by atoms with Crippen molar-refractivity contribution in [3.8, 4) is 0 Å². The topological polar surface area (TPSA) is 0 Å². The minimum absolute atomic E-state index is 0. The van der Waals surface area contributed by atoms with Crippen molar-refractivity contribution in [1.29, 1.82) is 0 Å². The van der Waals surface area contributed by atoms with E-state index < -0.39 is 13.4 Å². The summed E-state index contributed by atoms with van der Waals surface area (Å²) >= 11 is 0. The Bertz CT molecular complexity index is 1160. The first kappa shape index (κ1) is 32.9. The van der Waals surface area contributed by atoms with Crippen LogP contribution in [0.3, 0.4) is 0 Å². The molecule has 7 heteroatoms. The van der Waals surface area contributed by atoms with Crippen molar-refractivity contribution in [3.05, 3.63) is 117 Å². The molecule has 0 aromatic heterocycles. The van der Waals surface area contributed by atoms with E-state index in [2.05, 4.69) is 128 Å². The Hall–Kier alpha value is -2.27. The summed E-state index contributed by atoms with van der Waals surface area (Å²) in [5.74, 6) is 0. The quantitative estimate of drug-likeness (QED) is 0.214. The second-order valence-corrected chi connectivity index (χ2v) is 11.0. The van der Waals surface area contributed by atoms with Gasteiger partial charge in [-0.2, -0.15) is 21.9 Å². The van der Waals surface area contributed by atoms with Crippen LogP contribution >= 0.6 is 0 Å². The van der Waals surface area contributed by atoms with E-state index in [1.807, 2.05) is 0 Å². The Balaban J connectivity index is 0.000000816. The molecule has 0 fully saturated rings. The van der Waals surface area contributed by atoms with Crippen LogP contribution < -0.4 is 21.9 Å². The number of aryl methyl sites for hydroxylation is 8. The third kappa shape index (κ3) is 8.36. The van der Waals surface area contributed by atoms with Gasteiger partial charge in [-0.1, -0.05) is 117 Å². The van der Waals surface area contributed by atoms with Gasteiger partial charge in [-0.05, 0) is 55.4 Å². The zero-order valence-electron chi connectivity index (χ0n) is 23.6. The first-order chi connectivity index (χ1) is 17.6. The van der Waals surface area contributed by atoms with Crippen molar-refractivity contribution in [2.45, 2.75) is 55.4 Å². The van der Waals surface area contributed by atoms with E-state index in [1.165, 1.54) is 66.4 Å². The Labute approximate surface area is 253 Å². The van der Waals surface area contributed by atoms with E-state index in [0.29, 0.717) is 0 Å². The summed E-state index contributed by atoms with van der Waals surface area (Å²) in [6.07, 6.45) is -1.37. The Kier molecular flexibility index (Phi) is 10.9. The molecular formula is C32H37B2F4Na-2. The molecule has 0 N–H and O–H groups in total. The van der Waals surface area contributed by atoms with Crippen molar-refractivity contribution < 1.29 is 17.3 Å². The molecule has 39 heavy (non-hydrogen) atoms. The fraction of sp³-hybridized carbons (Fsp3) is 0.250. The Morgan fingerprint density at radius 1 is 0.333 bits per heavy atom. The van der Waals surface area contributed by atoms with Gasteiger partial charge < -0.3 is 17.3 Å². The van der Waals surface area contributed by atoms with E-state index in [4.69, 9.17) is 0 Å². The molecule has 0 radical (unpaired) electrons. The molecule has 4 rings (SSSR count). The molecule has 0 saturated heterocycles. The first-order valence-corrected chi connectivity index (χ1v) is 13.0. The van der Waals surface area contributed by atoms with Gasteiger partial charge in [0.05, 0.1) is 0 Å². The predicted octanol–water partition coefficient (Wildman–Crippen LogP) is 6.18. The standard InChI is InChI=1S/C32H36B.BF4.Na.H/c1-21-9-22(2)14-29(13-21)33(30-15-23(3)10-24(4)16-30,31-17-25(5)11-26(6)18-31)32-19-27(7)12-28(8)20-32;2-1(3,4)5;;/h9-20H,1-8H3;;;/q2*-1;;. The summed E-state index contributed by atoms with van der Waals surface area (Å²) in [7, 11) is -6.00. The first-order valence-electron chi connectivity index (χ1n) is 13.0. The Morgan fingerprint density at radius 3 is 0.590 bits per heavy atom. The molecule has 0 heterocycles. The molecule has 0 spiro atoms. The number of halogens is 4. The second kappa shape index (κ2) is 12.9. The third-order valence-corrected chi connectivity index (χ3v) is 6.98. The van der Waals surface area contributed by atoms with Crippen molar-refractivity contribution >= 4 is 64.8 Å². The predicted molar refractivity (Wildman–Crippen MR) is 165 cm³/mol. The van der Waals surface area contributed by atoms with Crippen LogP contribution in [-0.4, -0.2) is 43.0 Å². The molecule has 0 aliphatic carbocycles. The van der Waals surface area contributed by atoms with Crippen molar-refractivity contribution in [3.63, 3.8) is 0 Å². The van der Waals surface area contributed by atoms with E-state index >= 15 is 0 Å². The average molecular weight is 542 g/mol. The molecule has 0 saturated carbocycles. The van der Waals surface area contributed by atoms with E-state index in [1.54, 1.807) is 0 Å². The van der Waals surface area contributed by atoms with Gasteiger partial charge in [0.1, 0.15) is 6.15 Å². The summed E-state index contributed by atoms with van der Waals surface area (Å²) in [5.41, 5.74) is 16.1. The van der Waals surface area contributed by atoms with E-state index in [9.17, 15) is 17.3 Å². The fourth-order valence-electron chi connectivity index (χ4n) is 6.19. The van der Waals surface area contributed by atoms with Gasteiger partial charge >= 0.3 is 36.8 Å². The van der Waals surface area contributed by atoms with Crippen LogP contribution in [-0.2, 0) is 0 Å². The van der Waals surface area contributed by atoms with Crippen LogP contribution in [0.15, 0.2) is 72.8 Å². The molecule has 0 aliphatic heterocycles. The van der Waals surface area contributed by atoms with E-state index in [-0.39, 0.29) is 29.6 Å². The summed E-state index contributed by atoms with van der Waals surface area (Å²) in [6, 6.07) is 28.5. The molecule has 0 aliphatic rings. The molecule has 0 bridgehead atoms. The van der Waals surface area contributed by atoms with Gasteiger partial charge in [-0.15, -0.1) is 0 Å². The minimum atomic E-state index is -6.00. The maximum atomic E-state index is 9.75. The monoisotopic (exact) mass is 542 g/mol. The molecule has 0 amide bonds. The van der Waals surface area contributed by atoms with Crippen LogP contribution in [0.1, 0.15) is 44.5 Å². The van der Waals surface area contributed by atoms with Crippen molar-refractivity contribution in [1.82, 2.24) is 0 Å². The molecule has 0 atom stereocenters. The zero-order valence-corrected chi connectivity index (χ0v) is 23.6. The van der Waals surface area contributed by atoms with Crippen molar-refractivity contribution in [2.24, 2.45) is 0 Å². The van der Waals surface area contributed by atoms with Crippen LogP contribution in [0, 0.1) is 55.4 Å². The van der Waals surface area contributed by atoms with Gasteiger partial charge in [0.2, 0.25) is 0 Å². The summed E-state index contributed by atoms with van der Waals surface area (Å²) in [5, 5.41) is 0. The molecule has 4 aromatic carbocycles. The van der Waals surface area contributed by atoms with Gasteiger partial charge in [0, 0.05) is 0 Å². The molecule has 0 unspecified atom stereocenters. The van der Waals surface area contributed by atoms with Gasteiger partial charge in [0.15, 0.2) is 0 Å². The molecular weight excluding hydrogens is 505 g/mol. The summed E-state index contributed by atoms with van der Waals surface area (Å²) in [4.78, 5) is 0. The van der Waals surface area contributed by atoms with Crippen LogP contribution in [0.25, 0.3) is 0 Å². The second-order valence-electron chi connectivity index (χ2n) is 11.0. The van der Waals surface area contributed by atoms with Gasteiger partial charge in [-0.3, -0.25) is 0 Å². The fourth-order valence-corrected chi connectivity index (χ4v) is 6.19. The number of benzene rings is 4. The normalized spacial score (nSPS) is 11.4. The maximum absolute atomic E-state index is 9.75. The summed E-state index contributed by atoms with van der Waals surface area (Å²) in [6.45, 7) is 17.8. The zero-order chi connectivity index (χ0) is 28.4. The van der Waals surface area contributed by atoms with Crippen LogP contribution in [0.4, 0.5) is 17.3 Å². The third-order valence-electron chi connectivity index (χ3n) is 6.98. The summed E-state index contributed by atoms with van der Waals surface area (Å²) < 4.78 is 39.0. The van der Waals surface area contributed by atoms with Crippen LogP contribution in [0.5, 0.6) is 0 Å². The van der Waals surface area contributed by atoms with Crippen LogP contribution in [0.2, 0.25) is 0 Å². The van der Waals surface area contributed by atoms with E-state index in [0.717, 1.165) is 0 Å². The Morgan fingerprint density at radius 2 is 0.462 bits per heavy atom. The number of hydrogen-bond acceptors (Lipinski definition) is 0.